The molecule has 0 aromatic heterocycles. The highest BCUT2D eigenvalue weighted by atomic mass is 16.5. The van der Waals surface area contributed by atoms with Crippen molar-refractivity contribution in [3.05, 3.63) is 0 Å². The lowest BCUT2D eigenvalue weighted by atomic mass is 9.96. The van der Waals surface area contributed by atoms with Crippen LogP contribution in [-0.2, 0) is 4.74 Å². The monoisotopic (exact) mass is 242 g/mol. The van der Waals surface area contributed by atoms with E-state index in [1.165, 1.54) is 45.2 Å². The molecule has 1 aliphatic rings. The Bertz CT molecular complexity index is 183. The van der Waals surface area contributed by atoms with Crippen molar-refractivity contribution in [3.63, 3.8) is 0 Å². The van der Waals surface area contributed by atoms with Crippen molar-refractivity contribution in [2.45, 2.75) is 51.6 Å². The first-order valence-corrected chi connectivity index (χ1v) is 7.25. The molecule has 0 spiro atoms. The average molecular weight is 242 g/mol. The van der Waals surface area contributed by atoms with Crippen LogP contribution in [0.2, 0.25) is 0 Å². The van der Waals surface area contributed by atoms with Gasteiger partial charge in [-0.15, -0.1) is 0 Å². The predicted molar refractivity (Wildman–Crippen MR) is 73.2 cm³/mol. The Labute approximate surface area is 107 Å². The summed E-state index contributed by atoms with van der Waals surface area (Å²) in [5.74, 6) is 0.970. The largest absolute Gasteiger partial charge is 0.380 e. The topological polar surface area (TPSA) is 38.5 Å². The highest BCUT2D eigenvalue weighted by molar-refractivity contribution is 4.71. The van der Waals surface area contributed by atoms with Gasteiger partial charge in [0.15, 0.2) is 0 Å². The second-order valence-corrected chi connectivity index (χ2v) is 5.31. The Morgan fingerprint density at radius 2 is 2.18 bits per heavy atom. The summed E-state index contributed by atoms with van der Waals surface area (Å²) in [6.07, 6.45) is 8.24. The third-order valence-corrected chi connectivity index (χ3v) is 4.00. The van der Waals surface area contributed by atoms with E-state index in [0.29, 0.717) is 6.54 Å². The zero-order chi connectivity index (χ0) is 12.5. The van der Waals surface area contributed by atoms with Crippen molar-refractivity contribution in [2.75, 3.05) is 33.3 Å². The molecule has 2 atom stereocenters. The third-order valence-electron chi connectivity index (χ3n) is 4.00. The normalized spacial score (nSPS) is 24.5. The van der Waals surface area contributed by atoms with Gasteiger partial charge < -0.3 is 15.4 Å². The minimum absolute atomic E-state index is 0.240. The minimum atomic E-state index is 0.240. The molecule has 1 saturated heterocycles. The number of hydrogen-bond donors (Lipinski definition) is 1. The lowest BCUT2D eigenvalue weighted by Crippen LogP contribution is -2.31. The van der Waals surface area contributed by atoms with Crippen molar-refractivity contribution in [2.24, 2.45) is 11.7 Å². The van der Waals surface area contributed by atoms with Crippen molar-refractivity contribution in [1.29, 1.82) is 0 Å². The fourth-order valence-electron chi connectivity index (χ4n) is 2.80. The lowest BCUT2D eigenvalue weighted by molar-refractivity contribution is 0.0897. The fraction of sp³-hybridized carbons (Fsp3) is 1.00. The Morgan fingerprint density at radius 1 is 1.35 bits per heavy atom. The van der Waals surface area contributed by atoms with E-state index in [4.69, 9.17) is 10.5 Å². The highest BCUT2D eigenvalue weighted by Crippen LogP contribution is 2.22. The molecule has 3 heteroatoms. The van der Waals surface area contributed by atoms with Gasteiger partial charge in [-0.1, -0.05) is 19.8 Å². The molecule has 0 radical (unpaired) electrons. The van der Waals surface area contributed by atoms with Crippen molar-refractivity contribution in [1.82, 2.24) is 4.90 Å². The fourth-order valence-corrected chi connectivity index (χ4v) is 2.80. The molecule has 0 aromatic rings. The smallest absolute Gasteiger partial charge is 0.0705 e. The number of nitrogens with two attached hydrogens (primary N) is 1. The maximum Gasteiger partial charge on any atom is 0.0705 e. The predicted octanol–water partition coefficient (Wildman–Crippen LogP) is 2.25. The first-order valence-electron chi connectivity index (χ1n) is 7.25. The number of nitrogens with zero attached hydrogens (tertiary/aromatic N) is 1. The third kappa shape index (κ3) is 5.84. The van der Waals surface area contributed by atoms with Crippen LogP contribution >= 0.6 is 0 Å². The van der Waals surface area contributed by atoms with Crippen molar-refractivity contribution >= 4 is 0 Å². The van der Waals surface area contributed by atoms with Gasteiger partial charge in [-0.3, -0.25) is 0 Å². The number of rotatable bonds is 7. The molecule has 1 heterocycles. The molecule has 2 N–H and O–H groups in total. The molecular formula is C14H30N2O. The highest BCUT2D eigenvalue weighted by Gasteiger charge is 2.17. The Balaban J connectivity index is 2.21. The maximum atomic E-state index is 5.65. The Hall–Kier alpha value is -0.120. The van der Waals surface area contributed by atoms with Crippen LogP contribution in [-0.4, -0.2) is 44.3 Å². The van der Waals surface area contributed by atoms with Gasteiger partial charge in [-0.05, 0) is 44.7 Å². The molecular weight excluding hydrogens is 212 g/mol. The van der Waals surface area contributed by atoms with Crippen molar-refractivity contribution < 1.29 is 4.74 Å². The molecule has 1 fully saturated rings. The van der Waals surface area contributed by atoms with E-state index in [1.807, 2.05) is 0 Å². The molecule has 1 aliphatic heterocycles. The van der Waals surface area contributed by atoms with E-state index in [-0.39, 0.29) is 6.10 Å². The molecule has 17 heavy (non-hydrogen) atoms. The van der Waals surface area contributed by atoms with Crippen LogP contribution in [0.25, 0.3) is 0 Å². The summed E-state index contributed by atoms with van der Waals surface area (Å²) in [7, 11) is 1.76. The van der Waals surface area contributed by atoms with Gasteiger partial charge in [0, 0.05) is 20.2 Å². The van der Waals surface area contributed by atoms with E-state index < -0.39 is 0 Å². The molecule has 0 aliphatic carbocycles. The van der Waals surface area contributed by atoms with Gasteiger partial charge in [-0.2, -0.15) is 0 Å². The molecule has 102 valence electrons. The maximum absolute atomic E-state index is 5.65. The minimum Gasteiger partial charge on any atom is -0.380 e. The van der Waals surface area contributed by atoms with Gasteiger partial charge in [0.1, 0.15) is 0 Å². The van der Waals surface area contributed by atoms with Gasteiger partial charge in [0.05, 0.1) is 6.10 Å². The molecule has 3 nitrogen and oxygen atoms in total. The van der Waals surface area contributed by atoms with E-state index >= 15 is 0 Å². The first kappa shape index (κ1) is 14.9. The molecule has 0 bridgehead atoms. The lowest BCUT2D eigenvalue weighted by Gasteiger charge is -2.22. The average Bonchev–Trinajstić information content (AvgIpc) is 2.57. The number of likely N-dealkylation sites (tertiary alicyclic amines) is 1. The molecule has 1 rings (SSSR count). The molecule has 2 unspecified atom stereocenters. The second kappa shape index (κ2) is 8.90. The molecule has 0 aromatic carbocycles. The molecule has 0 saturated carbocycles. The standard InChI is InChI=1S/C14H30N2O/c1-3-5-13-6-4-9-16(10-7-13)11-8-14(12-15)17-2/h13-14H,3-12,15H2,1-2H3. The van der Waals surface area contributed by atoms with Gasteiger partial charge >= 0.3 is 0 Å². The Kier molecular flexibility index (Phi) is 7.82. The first-order chi connectivity index (χ1) is 8.30. The number of hydrogen-bond acceptors (Lipinski definition) is 3. The summed E-state index contributed by atoms with van der Waals surface area (Å²) in [5.41, 5.74) is 5.65. The van der Waals surface area contributed by atoms with Crippen LogP contribution in [0.3, 0.4) is 0 Å². The van der Waals surface area contributed by atoms with E-state index in [9.17, 15) is 0 Å². The second-order valence-electron chi connectivity index (χ2n) is 5.31. The SMILES string of the molecule is CCCC1CCCN(CCC(CN)OC)CC1. The van der Waals surface area contributed by atoms with Crippen LogP contribution in [0.4, 0.5) is 0 Å². The zero-order valence-corrected chi connectivity index (χ0v) is 11.7. The number of methoxy groups -OCH3 is 1. The quantitative estimate of drug-likeness (QED) is 0.744. The summed E-state index contributed by atoms with van der Waals surface area (Å²) < 4.78 is 5.33. The van der Waals surface area contributed by atoms with E-state index in [2.05, 4.69) is 11.8 Å². The van der Waals surface area contributed by atoms with Crippen LogP contribution in [0.15, 0.2) is 0 Å². The van der Waals surface area contributed by atoms with Crippen molar-refractivity contribution in [3.8, 4) is 0 Å². The summed E-state index contributed by atoms with van der Waals surface area (Å²) >= 11 is 0. The van der Waals surface area contributed by atoms with Crippen LogP contribution in [0.5, 0.6) is 0 Å². The van der Waals surface area contributed by atoms with E-state index in [0.717, 1.165) is 18.9 Å². The Morgan fingerprint density at radius 3 is 2.82 bits per heavy atom. The summed E-state index contributed by atoms with van der Waals surface area (Å²) in [6.45, 7) is 6.62. The van der Waals surface area contributed by atoms with Crippen LogP contribution < -0.4 is 5.73 Å². The number of ether oxygens (including phenoxy) is 1. The van der Waals surface area contributed by atoms with Gasteiger partial charge in [0.2, 0.25) is 0 Å². The van der Waals surface area contributed by atoms with E-state index in [1.54, 1.807) is 7.11 Å². The molecule has 0 amide bonds. The summed E-state index contributed by atoms with van der Waals surface area (Å²) in [6, 6.07) is 0. The van der Waals surface area contributed by atoms with Crippen LogP contribution in [0.1, 0.15) is 45.4 Å². The van der Waals surface area contributed by atoms with Gasteiger partial charge in [0.25, 0.3) is 0 Å². The zero-order valence-electron chi connectivity index (χ0n) is 11.7. The van der Waals surface area contributed by atoms with Gasteiger partial charge in [-0.25, -0.2) is 0 Å². The summed E-state index contributed by atoms with van der Waals surface area (Å²) in [4.78, 5) is 2.59. The summed E-state index contributed by atoms with van der Waals surface area (Å²) in [5, 5.41) is 0. The van der Waals surface area contributed by atoms with Crippen LogP contribution in [0, 0.1) is 5.92 Å².